The first-order valence-electron chi connectivity index (χ1n) is 5.72. The van der Waals surface area contributed by atoms with E-state index in [1.807, 2.05) is 6.92 Å². The molecule has 88 valence electrons. The minimum absolute atomic E-state index is 0.0377. The lowest BCUT2D eigenvalue weighted by atomic mass is 9.84. The van der Waals surface area contributed by atoms with Gasteiger partial charge < -0.3 is 15.8 Å². The third kappa shape index (κ3) is 3.59. The van der Waals surface area contributed by atoms with Gasteiger partial charge in [0.15, 0.2) is 0 Å². The third-order valence-electron chi connectivity index (χ3n) is 2.98. The van der Waals surface area contributed by atoms with Crippen LogP contribution in [0.2, 0.25) is 0 Å². The fourth-order valence-electron chi connectivity index (χ4n) is 2.40. The lowest BCUT2D eigenvalue weighted by molar-refractivity contribution is -0.0664. The van der Waals surface area contributed by atoms with Crippen molar-refractivity contribution in [3.05, 3.63) is 12.2 Å². The fraction of sp³-hybridized carbons (Fsp3) is 0.833. The van der Waals surface area contributed by atoms with E-state index in [2.05, 4.69) is 25.7 Å². The molecule has 2 unspecified atom stereocenters. The molecule has 15 heavy (non-hydrogen) atoms. The lowest BCUT2D eigenvalue weighted by Crippen LogP contribution is -2.58. The Morgan fingerprint density at radius 2 is 2.00 bits per heavy atom. The number of hydrogen-bond donors (Lipinski definition) is 2. The van der Waals surface area contributed by atoms with Crippen molar-refractivity contribution in [1.82, 2.24) is 5.32 Å². The highest BCUT2D eigenvalue weighted by molar-refractivity contribution is 5.00. The standard InChI is InChI=1S/C12H24N2O/c1-9(2)7-14-12(8-13)5-10(3)15-11(4)6-12/h10-11,14H,1,5-8,13H2,2-4H3. The van der Waals surface area contributed by atoms with Gasteiger partial charge in [0.25, 0.3) is 0 Å². The van der Waals surface area contributed by atoms with Crippen molar-refractivity contribution in [3.8, 4) is 0 Å². The molecular formula is C12H24N2O. The first kappa shape index (κ1) is 12.7. The van der Waals surface area contributed by atoms with Crippen molar-refractivity contribution < 1.29 is 4.74 Å². The summed E-state index contributed by atoms with van der Waals surface area (Å²) < 4.78 is 5.73. The second kappa shape index (κ2) is 5.10. The molecule has 3 heteroatoms. The summed E-state index contributed by atoms with van der Waals surface area (Å²) in [5.41, 5.74) is 7.09. The van der Waals surface area contributed by atoms with E-state index in [4.69, 9.17) is 10.5 Å². The fourth-order valence-corrected chi connectivity index (χ4v) is 2.40. The summed E-state index contributed by atoms with van der Waals surface area (Å²) in [6.07, 6.45) is 2.55. The van der Waals surface area contributed by atoms with Crippen LogP contribution in [0.1, 0.15) is 33.6 Å². The van der Waals surface area contributed by atoms with Crippen LogP contribution in [0.15, 0.2) is 12.2 Å². The average molecular weight is 212 g/mol. The van der Waals surface area contributed by atoms with E-state index in [0.717, 1.165) is 25.0 Å². The van der Waals surface area contributed by atoms with Gasteiger partial charge in [-0.15, -0.1) is 0 Å². The van der Waals surface area contributed by atoms with E-state index in [0.29, 0.717) is 6.54 Å². The molecule has 0 bridgehead atoms. The van der Waals surface area contributed by atoms with Crippen LogP contribution < -0.4 is 11.1 Å². The van der Waals surface area contributed by atoms with Gasteiger partial charge in [-0.25, -0.2) is 0 Å². The molecule has 3 N–H and O–H groups in total. The molecule has 0 aliphatic carbocycles. The number of nitrogens with two attached hydrogens (primary N) is 1. The van der Waals surface area contributed by atoms with E-state index < -0.39 is 0 Å². The van der Waals surface area contributed by atoms with Crippen molar-refractivity contribution >= 4 is 0 Å². The maximum absolute atomic E-state index is 5.90. The zero-order valence-corrected chi connectivity index (χ0v) is 10.2. The Morgan fingerprint density at radius 1 is 1.47 bits per heavy atom. The summed E-state index contributed by atoms with van der Waals surface area (Å²) in [6.45, 7) is 11.7. The minimum atomic E-state index is 0.0377. The zero-order valence-electron chi connectivity index (χ0n) is 10.2. The van der Waals surface area contributed by atoms with Gasteiger partial charge in [-0.05, 0) is 33.6 Å². The van der Waals surface area contributed by atoms with Crippen LogP contribution in [0.4, 0.5) is 0 Å². The van der Waals surface area contributed by atoms with Gasteiger partial charge in [-0.2, -0.15) is 0 Å². The van der Waals surface area contributed by atoms with E-state index in [1.165, 1.54) is 0 Å². The van der Waals surface area contributed by atoms with Gasteiger partial charge in [0.05, 0.1) is 12.2 Å². The second-order valence-corrected chi connectivity index (χ2v) is 4.96. The molecule has 0 aromatic carbocycles. The summed E-state index contributed by atoms with van der Waals surface area (Å²) in [5.74, 6) is 0. The van der Waals surface area contributed by atoms with Crippen molar-refractivity contribution in [1.29, 1.82) is 0 Å². The van der Waals surface area contributed by atoms with Gasteiger partial charge >= 0.3 is 0 Å². The minimum Gasteiger partial charge on any atom is -0.375 e. The molecule has 3 nitrogen and oxygen atoms in total. The molecule has 0 amide bonds. The summed E-state index contributed by atoms with van der Waals surface area (Å²) in [5, 5.41) is 3.54. The van der Waals surface area contributed by atoms with E-state index in [-0.39, 0.29) is 17.7 Å². The van der Waals surface area contributed by atoms with Crippen molar-refractivity contribution in [3.63, 3.8) is 0 Å². The molecule has 1 rings (SSSR count). The van der Waals surface area contributed by atoms with Crippen molar-refractivity contribution in [2.24, 2.45) is 5.73 Å². The maximum atomic E-state index is 5.90. The van der Waals surface area contributed by atoms with Gasteiger partial charge in [-0.3, -0.25) is 0 Å². The van der Waals surface area contributed by atoms with Crippen LogP contribution in [0.5, 0.6) is 0 Å². The summed E-state index contributed by atoms with van der Waals surface area (Å²) in [6, 6.07) is 0. The SMILES string of the molecule is C=C(C)CNC1(CN)CC(C)OC(C)C1. The Labute approximate surface area is 93.1 Å². The first-order chi connectivity index (χ1) is 6.97. The van der Waals surface area contributed by atoms with Crippen LogP contribution in [0.3, 0.4) is 0 Å². The lowest BCUT2D eigenvalue weighted by Gasteiger charge is -2.43. The Kier molecular flexibility index (Phi) is 4.32. The summed E-state index contributed by atoms with van der Waals surface area (Å²) in [4.78, 5) is 0. The molecule has 0 spiro atoms. The Morgan fingerprint density at radius 3 is 2.40 bits per heavy atom. The van der Waals surface area contributed by atoms with Gasteiger partial charge in [0.1, 0.15) is 0 Å². The molecule has 1 fully saturated rings. The van der Waals surface area contributed by atoms with E-state index >= 15 is 0 Å². The maximum Gasteiger partial charge on any atom is 0.0568 e. The molecule has 1 aliphatic rings. The zero-order chi connectivity index (χ0) is 11.5. The van der Waals surface area contributed by atoms with Crippen molar-refractivity contribution in [2.75, 3.05) is 13.1 Å². The van der Waals surface area contributed by atoms with Gasteiger partial charge in [0, 0.05) is 18.6 Å². The summed E-state index contributed by atoms with van der Waals surface area (Å²) in [7, 11) is 0. The van der Waals surface area contributed by atoms with Crippen LogP contribution in [0.25, 0.3) is 0 Å². The van der Waals surface area contributed by atoms with Crippen LogP contribution >= 0.6 is 0 Å². The number of nitrogens with one attached hydrogen (secondary N) is 1. The Bertz CT molecular complexity index is 218. The Balaban J connectivity index is 2.61. The van der Waals surface area contributed by atoms with Crippen molar-refractivity contribution in [2.45, 2.75) is 51.4 Å². The van der Waals surface area contributed by atoms with E-state index in [1.54, 1.807) is 0 Å². The molecule has 0 saturated carbocycles. The number of ether oxygens (including phenoxy) is 1. The second-order valence-electron chi connectivity index (χ2n) is 4.96. The average Bonchev–Trinajstić information content (AvgIpc) is 2.13. The molecule has 1 aliphatic heterocycles. The molecule has 2 atom stereocenters. The molecule has 0 aromatic rings. The monoisotopic (exact) mass is 212 g/mol. The highest BCUT2D eigenvalue weighted by Gasteiger charge is 2.36. The molecular weight excluding hydrogens is 188 g/mol. The third-order valence-corrected chi connectivity index (χ3v) is 2.98. The predicted octanol–water partition coefficient (Wildman–Crippen LogP) is 1.44. The highest BCUT2D eigenvalue weighted by atomic mass is 16.5. The molecule has 1 heterocycles. The van der Waals surface area contributed by atoms with Gasteiger partial charge in [-0.1, -0.05) is 12.2 Å². The molecule has 0 aromatic heterocycles. The van der Waals surface area contributed by atoms with E-state index in [9.17, 15) is 0 Å². The largest absolute Gasteiger partial charge is 0.375 e. The number of hydrogen-bond acceptors (Lipinski definition) is 3. The topological polar surface area (TPSA) is 47.3 Å². The quantitative estimate of drug-likeness (QED) is 0.693. The predicted molar refractivity (Wildman–Crippen MR) is 63.8 cm³/mol. The highest BCUT2D eigenvalue weighted by Crippen LogP contribution is 2.28. The molecule has 1 saturated heterocycles. The normalized spacial score (nSPS) is 36.5. The summed E-state index contributed by atoms with van der Waals surface area (Å²) >= 11 is 0. The Hall–Kier alpha value is -0.380. The van der Waals surface area contributed by atoms with Crippen LogP contribution in [-0.2, 0) is 4.74 Å². The van der Waals surface area contributed by atoms with Crippen LogP contribution in [-0.4, -0.2) is 30.8 Å². The van der Waals surface area contributed by atoms with Crippen LogP contribution in [0, 0.1) is 0 Å². The van der Waals surface area contributed by atoms with Gasteiger partial charge in [0.2, 0.25) is 0 Å². The smallest absolute Gasteiger partial charge is 0.0568 e. The number of rotatable bonds is 4. The first-order valence-corrected chi connectivity index (χ1v) is 5.72. The molecule has 0 radical (unpaired) electrons.